The zero-order chi connectivity index (χ0) is 16.4. The Morgan fingerprint density at radius 1 is 1.17 bits per heavy atom. The van der Waals surface area contributed by atoms with Gasteiger partial charge >= 0.3 is 0 Å². The first kappa shape index (κ1) is 15.4. The van der Waals surface area contributed by atoms with Gasteiger partial charge in [-0.1, -0.05) is 0 Å². The highest BCUT2D eigenvalue weighted by atomic mass is 32.1. The van der Waals surface area contributed by atoms with Crippen LogP contribution in [0.15, 0.2) is 33.6 Å². The number of thiazole rings is 1. The van der Waals surface area contributed by atoms with Crippen molar-refractivity contribution in [3.05, 3.63) is 51.1 Å². The first-order chi connectivity index (χ1) is 11.1. The SMILES string of the molecule is Cc1nc(-c2ccsc2)sc1C(=O)NNC(=O)c1ccoc1C. The van der Waals surface area contributed by atoms with Crippen molar-refractivity contribution in [2.24, 2.45) is 0 Å². The molecule has 3 rings (SSSR count). The molecule has 8 heteroatoms. The first-order valence-electron chi connectivity index (χ1n) is 6.71. The van der Waals surface area contributed by atoms with Crippen LogP contribution in [0.25, 0.3) is 10.6 Å². The minimum absolute atomic E-state index is 0.380. The lowest BCUT2D eigenvalue weighted by atomic mass is 10.2. The third-order valence-electron chi connectivity index (χ3n) is 3.16. The average molecular weight is 347 g/mol. The second-order valence-corrected chi connectivity index (χ2v) is 6.52. The van der Waals surface area contributed by atoms with Crippen LogP contribution >= 0.6 is 22.7 Å². The van der Waals surface area contributed by atoms with Gasteiger partial charge in [-0.25, -0.2) is 4.98 Å². The number of hydrazine groups is 1. The number of aromatic nitrogens is 1. The largest absolute Gasteiger partial charge is 0.469 e. The molecule has 0 aliphatic rings. The standard InChI is InChI=1S/C15H13N3O3S2/c1-8-12(23-15(16-8)10-4-6-22-7-10)14(20)18-17-13(19)11-3-5-21-9(11)2/h3-7H,1-2H3,(H,17,19)(H,18,20). The molecule has 0 aromatic carbocycles. The number of aryl methyl sites for hydroxylation is 2. The summed E-state index contributed by atoms with van der Waals surface area (Å²) < 4.78 is 5.06. The lowest BCUT2D eigenvalue weighted by Gasteiger charge is -2.05. The third kappa shape index (κ3) is 3.17. The minimum atomic E-state index is -0.426. The van der Waals surface area contributed by atoms with Crippen LogP contribution in [0.3, 0.4) is 0 Å². The average Bonchev–Trinajstić information content (AvgIpc) is 3.24. The van der Waals surface area contributed by atoms with E-state index in [0.29, 0.717) is 21.9 Å². The Hall–Kier alpha value is -2.45. The van der Waals surface area contributed by atoms with E-state index in [1.807, 2.05) is 16.8 Å². The van der Waals surface area contributed by atoms with Crippen LogP contribution in [-0.2, 0) is 0 Å². The fourth-order valence-corrected chi connectivity index (χ4v) is 3.65. The highest BCUT2D eigenvalue weighted by Gasteiger charge is 2.18. The number of amides is 2. The van der Waals surface area contributed by atoms with Crippen molar-refractivity contribution in [2.75, 3.05) is 0 Å². The monoisotopic (exact) mass is 347 g/mol. The summed E-state index contributed by atoms with van der Waals surface area (Å²) in [5.74, 6) is -0.328. The summed E-state index contributed by atoms with van der Waals surface area (Å²) in [5, 5.41) is 4.72. The van der Waals surface area contributed by atoms with Gasteiger partial charge in [0.1, 0.15) is 15.6 Å². The maximum Gasteiger partial charge on any atom is 0.281 e. The quantitative estimate of drug-likeness (QED) is 0.713. The van der Waals surface area contributed by atoms with Crippen molar-refractivity contribution in [3.63, 3.8) is 0 Å². The molecule has 3 aromatic rings. The van der Waals surface area contributed by atoms with Crippen molar-refractivity contribution >= 4 is 34.5 Å². The van der Waals surface area contributed by atoms with Crippen molar-refractivity contribution < 1.29 is 14.0 Å². The number of hydrogen-bond acceptors (Lipinski definition) is 6. The van der Waals surface area contributed by atoms with E-state index in [2.05, 4.69) is 15.8 Å². The molecule has 2 amide bonds. The number of carbonyl (C=O) groups is 2. The molecule has 2 N–H and O–H groups in total. The number of nitrogens with one attached hydrogen (secondary N) is 2. The Morgan fingerprint density at radius 2 is 1.96 bits per heavy atom. The van der Waals surface area contributed by atoms with Crippen molar-refractivity contribution in [1.29, 1.82) is 0 Å². The highest BCUT2D eigenvalue weighted by Crippen LogP contribution is 2.29. The van der Waals surface area contributed by atoms with E-state index < -0.39 is 11.8 Å². The Labute approximate surface area is 140 Å². The van der Waals surface area contributed by atoms with Crippen molar-refractivity contribution in [1.82, 2.24) is 15.8 Å². The molecule has 0 atom stereocenters. The zero-order valence-corrected chi connectivity index (χ0v) is 14.0. The van der Waals surface area contributed by atoms with E-state index in [-0.39, 0.29) is 0 Å². The summed E-state index contributed by atoms with van der Waals surface area (Å²) >= 11 is 2.86. The molecule has 3 aromatic heterocycles. The van der Waals surface area contributed by atoms with E-state index in [9.17, 15) is 9.59 Å². The van der Waals surface area contributed by atoms with Crippen LogP contribution in [0, 0.1) is 13.8 Å². The second kappa shape index (κ2) is 6.35. The van der Waals surface area contributed by atoms with Crippen LogP contribution in [0.4, 0.5) is 0 Å². The zero-order valence-electron chi connectivity index (χ0n) is 12.4. The van der Waals surface area contributed by atoms with Crippen LogP contribution in [-0.4, -0.2) is 16.8 Å². The van der Waals surface area contributed by atoms with Gasteiger partial charge in [-0.15, -0.1) is 11.3 Å². The molecule has 3 heterocycles. The first-order valence-corrected chi connectivity index (χ1v) is 8.47. The van der Waals surface area contributed by atoms with Crippen LogP contribution in [0.5, 0.6) is 0 Å². The molecule has 0 aliphatic carbocycles. The Bertz CT molecular complexity index is 849. The van der Waals surface area contributed by atoms with Crippen molar-refractivity contribution in [3.8, 4) is 10.6 Å². The van der Waals surface area contributed by atoms with Gasteiger partial charge in [0.05, 0.1) is 17.5 Å². The van der Waals surface area contributed by atoms with Gasteiger partial charge in [0, 0.05) is 10.9 Å². The smallest absolute Gasteiger partial charge is 0.281 e. The molecule has 6 nitrogen and oxygen atoms in total. The molecule has 23 heavy (non-hydrogen) atoms. The molecule has 0 spiro atoms. The molecule has 0 fully saturated rings. The number of carbonyl (C=O) groups excluding carboxylic acids is 2. The number of rotatable bonds is 3. The number of hydrogen-bond donors (Lipinski definition) is 2. The topological polar surface area (TPSA) is 84.2 Å². The number of nitrogens with zero attached hydrogens (tertiary/aromatic N) is 1. The summed E-state index contributed by atoms with van der Waals surface area (Å²) in [6.45, 7) is 3.44. The van der Waals surface area contributed by atoms with Gasteiger partial charge in [0.15, 0.2) is 0 Å². The maximum absolute atomic E-state index is 12.2. The van der Waals surface area contributed by atoms with Gasteiger partial charge < -0.3 is 4.42 Å². The van der Waals surface area contributed by atoms with Crippen molar-refractivity contribution in [2.45, 2.75) is 13.8 Å². The lowest BCUT2D eigenvalue weighted by molar-refractivity contribution is 0.0847. The van der Waals surface area contributed by atoms with E-state index in [1.54, 1.807) is 31.3 Å². The third-order valence-corrected chi connectivity index (χ3v) is 5.05. The predicted octanol–water partition coefficient (Wildman–Crippen LogP) is 3.16. The summed E-state index contributed by atoms with van der Waals surface area (Å²) in [5.41, 5.74) is 6.78. The molecule has 0 aliphatic heterocycles. The molecule has 0 saturated carbocycles. The number of furan rings is 1. The molecule has 0 bridgehead atoms. The van der Waals surface area contributed by atoms with Crippen LogP contribution in [0.2, 0.25) is 0 Å². The fourth-order valence-electron chi connectivity index (χ4n) is 1.97. The van der Waals surface area contributed by atoms with Gasteiger partial charge in [-0.3, -0.25) is 20.4 Å². The van der Waals surface area contributed by atoms with E-state index in [4.69, 9.17) is 4.42 Å². The van der Waals surface area contributed by atoms with Gasteiger partial charge in [0.25, 0.3) is 11.8 Å². The predicted molar refractivity (Wildman–Crippen MR) is 88.5 cm³/mol. The van der Waals surface area contributed by atoms with E-state index >= 15 is 0 Å². The molecule has 0 saturated heterocycles. The molecule has 0 unspecified atom stereocenters. The normalized spacial score (nSPS) is 10.5. The molecule has 118 valence electrons. The van der Waals surface area contributed by atoms with E-state index in [1.165, 1.54) is 17.6 Å². The minimum Gasteiger partial charge on any atom is -0.469 e. The second-order valence-electron chi connectivity index (χ2n) is 4.74. The number of thiophene rings is 1. The molecular weight excluding hydrogens is 334 g/mol. The van der Waals surface area contributed by atoms with Gasteiger partial charge in [-0.05, 0) is 31.4 Å². The lowest BCUT2D eigenvalue weighted by Crippen LogP contribution is -2.41. The Kier molecular flexibility index (Phi) is 4.26. The molecule has 0 radical (unpaired) electrons. The summed E-state index contributed by atoms with van der Waals surface area (Å²) in [6, 6.07) is 3.50. The van der Waals surface area contributed by atoms with E-state index in [0.717, 1.165) is 10.6 Å². The Morgan fingerprint density at radius 3 is 2.61 bits per heavy atom. The van der Waals surface area contributed by atoms with Gasteiger partial charge in [-0.2, -0.15) is 11.3 Å². The summed E-state index contributed by atoms with van der Waals surface area (Å²) in [7, 11) is 0. The Balaban J connectivity index is 1.69. The summed E-state index contributed by atoms with van der Waals surface area (Å²) in [6.07, 6.45) is 1.42. The van der Waals surface area contributed by atoms with Crippen LogP contribution in [0.1, 0.15) is 31.5 Å². The molecular formula is C15H13N3O3S2. The van der Waals surface area contributed by atoms with Crippen LogP contribution < -0.4 is 10.9 Å². The van der Waals surface area contributed by atoms with Gasteiger partial charge in [0.2, 0.25) is 0 Å². The summed E-state index contributed by atoms with van der Waals surface area (Å²) in [4.78, 5) is 29.0. The fraction of sp³-hybridized carbons (Fsp3) is 0.133. The highest BCUT2D eigenvalue weighted by molar-refractivity contribution is 7.17. The maximum atomic E-state index is 12.2.